The molecule has 21 heavy (non-hydrogen) atoms. The number of amides is 2. The number of hydrogen-bond donors (Lipinski definition) is 2. The number of nitrogens with one attached hydrogen (secondary N) is 2. The van der Waals surface area contributed by atoms with Crippen molar-refractivity contribution < 1.29 is 14.3 Å². The molecule has 0 fully saturated rings. The summed E-state index contributed by atoms with van der Waals surface area (Å²) in [7, 11) is 1.46. The number of carbonyl (C=O) groups is 2. The van der Waals surface area contributed by atoms with Gasteiger partial charge >= 0.3 is 0 Å². The maximum absolute atomic E-state index is 12.0. The lowest BCUT2D eigenvalue weighted by molar-refractivity contribution is -0.114. The quantitative estimate of drug-likeness (QED) is 0.892. The van der Waals surface area contributed by atoms with Gasteiger partial charge in [-0.1, -0.05) is 0 Å². The van der Waals surface area contributed by atoms with Crippen LogP contribution in [0.25, 0.3) is 0 Å². The molecule has 7 nitrogen and oxygen atoms in total. The number of carbonyl (C=O) groups excluding carboxylic acids is 2. The van der Waals surface area contributed by atoms with Gasteiger partial charge in [0.05, 0.1) is 7.11 Å². The Morgan fingerprint density at radius 1 is 1.05 bits per heavy atom. The summed E-state index contributed by atoms with van der Waals surface area (Å²) < 4.78 is 4.94. The lowest BCUT2D eigenvalue weighted by Gasteiger charge is -2.07. The van der Waals surface area contributed by atoms with Crippen LogP contribution in [-0.2, 0) is 4.79 Å². The molecule has 108 valence electrons. The van der Waals surface area contributed by atoms with Crippen molar-refractivity contribution in [3.05, 3.63) is 42.4 Å². The summed E-state index contributed by atoms with van der Waals surface area (Å²) in [5, 5.41) is 5.34. The van der Waals surface area contributed by atoms with Gasteiger partial charge in [-0.3, -0.25) is 9.59 Å². The first-order valence-corrected chi connectivity index (χ1v) is 6.13. The van der Waals surface area contributed by atoms with Crippen molar-refractivity contribution >= 4 is 23.2 Å². The van der Waals surface area contributed by atoms with Gasteiger partial charge in [-0.05, 0) is 24.3 Å². The minimum Gasteiger partial charge on any atom is -0.481 e. The summed E-state index contributed by atoms with van der Waals surface area (Å²) in [4.78, 5) is 30.6. The van der Waals surface area contributed by atoms with Crippen molar-refractivity contribution in [3.63, 3.8) is 0 Å². The normalized spacial score (nSPS) is 9.81. The van der Waals surface area contributed by atoms with E-state index in [-0.39, 0.29) is 17.5 Å². The van der Waals surface area contributed by atoms with Crippen LogP contribution in [0, 0.1) is 0 Å². The van der Waals surface area contributed by atoms with Crippen molar-refractivity contribution in [2.75, 3.05) is 17.7 Å². The summed E-state index contributed by atoms with van der Waals surface area (Å²) in [6.07, 6.45) is 1.26. The molecular weight excluding hydrogens is 272 g/mol. The number of ether oxygens (including phenoxy) is 1. The molecule has 0 aliphatic rings. The zero-order valence-electron chi connectivity index (χ0n) is 11.6. The zero-order chi connectivity index (χ0) is 15.2. The Morgan fingerprint density at radius 3 is 2.24 bits per heavy atom. The Labute approximate surface area is 121 Å². The predicted molar refractivity (Wildman–Crippen MR) is 77.3 cm³/mol. The van der Waals surface area contributed by atoms with E-state index in [1.54, 1.807) is 24.3 Å². The zero-order valence-corrected chi connectivity index (χ0v) is 11.6. The molecule has 7 heteroatoms. The van der Waals surface area contributed by atoms with Gasteiger partial charge in [-0.15, -0.1) is 0 Å². The SMILES string of the molecule is COc1cc(C(=O)Nc2ccc(NC(C)=O)cc2)ncn1. The van der Waals surface area contributed by atoms with E-state index in [9.17, 15) is 9.59 Å². The Hall–Kier alpha value is -2.96. The topological polar surface area (TPSA) is 93.2 Å². The van der Waals surface area contributed by atoms with Gasteiger partial charge < -0.3 is 15.4 Å². The van der Waals surface area contributed by atoms with Crippen LogP contribution in [0.5, 0.6) is 5.88 Å². The van der Waals surface area contributed by atoms with E-state index >= 15 is 0 Å². The molecule has 0 bridgehead atoms. The number of nitrogens with zero attached hydrogens (tertiary/aromatic N) is 2. The van der Waals surface area contributed by atoms with E-state index in [4.69, 9.17) is 4.74 Å². The first-order chi connectivity index (χ1) is 10.1. The second-order valence-corrected chi connectivity index (χ2v) is 4.16. The highest BCUT2D eigenvalue weighted by molar-refractivity contribution is 6.03. The summed E-state index contributed by atoms with van der Waals surface area (Å²) >= 11 is 0. The number of aromatic nitrogens is 2. The molecule has 0 atom stereocenters. The molecule has 2 N–H and O–H groups in total. The fourth-order valence-electron chi connectivity index (χ4n) is 1.61. The van der Waals surface area contributed by atoms with Crippen molar-refractivity contribution in [1.82, 2.24) is 9.97 Å². The molecule has 1 aromatic heterocycles. The van der Waals surface area contributed by atoms with Crippen LogP contribution in [0.2, 0.25) is 0 Å². The van der Waals surface area contributed by atoms with Gasteiger partial charge in [0.2, 0.25) is 11.8 Å². The minimum absolute atomic E-state index is 0.153. The highest BCUT2D eigenvalue weighted by Crippen LogP contribution is 2.15. The minimum atomic E-state index is -0.372. The largest absolute Gasteiger partial charge is 0.481 e. The van der Waals surface area contributed by atoms with Crippen LogP contribution >= 0.6 is 0 Å². The monoisotopic (exact) mass is 286 g/mol. The van der Waals surface area contributed by atoms with Gasteiger partial charge in [0, 0.05) is 24.4 Å². The van der Waals surface area contributed by atoms with Crippen molar-refractivity contribution in [3.8, 4) is 5.88 Å². The summed E-state index contributed by atoms with van der Waals surface area (Å²) in [6.45, 7) is 1.43. The fourth-order valence-corrected chi connectivity index (χ4v) is 1.61. The van der Waals surface area contributed by atoms with Gasteiger partial charge in [-0.2, -0.15) is 0 Å². The van der Waals surface area contributed by atoms with Crippen LogP contribution < -0.4 is 15.4 Å². The number of anilines is 2. The van der Waals surface area contributed by atoms with E-state index in [0.29, 0.717) is 17.3 Å². The number of methoxy groups -OCH3 is 1. The van der Waals surface area contributed by atoms with Crippen molar-refractivity contribution in [2.45, 2.75) is 6.92 Å². The number of hydrogen-bond acceptors (Lipinski definition) is 5. The third kappa shape index (κ3) is 4.00. The Kier molecular flexibility index (Phi) is 4.45. The average Bonchev–Trinajstić information content (AvgIpc) is 2.49. The molecule has 1 aromatic carbocycles. The molecular formula is C14H14N4O3. The Balaban J connectivity index is 2.06. The molecule has 2 amide bonds. The summed E-state index contributed by atoms with van der Waals surface area (Å²) in [5.41, 5.74) is 1.45. The van der Waals surface area contributed by atoms with Gasteiger partial charge in [0.1, 0.15) is 12.0 Å². The summed E-state index contributed by atoms with van der Waals surface area (Å²) in [6, 6.07) is 8.19. The van der Waals surface area contributed by atoms with Crippen LogP contribution in [0.1, 0.15) is 17.4 Å². The molecule has 0 saturated carbocycles. The first-order valence-electron chi connectivity index (χ1n) is 6.13. The highest BCUT2D eigenvalue weighted by atomic mass is 16.5. The fraction of sp³-hybridized carbons (Fsp3) is 0.143. The molecule has 2 rings (SSSR count). The maximum Gasteiger partial charge on any atom is 0.274 e. The van der Waals surface area contributed by atoms with E-state index in [0.717, 1.165) is 0 Å². The molecule has 0 saturated heterocycles. The highest BCUT2D eigenvalue weighted by Gasteiger charge is 2.09. The Morgan fingerprint density at radius 2 is 1.67 bits per heavy atom. The second kappa shape index (κ2) is 6.47. The molecule has 0 aliphatic heterocycles. The van der Waals surface area contributed by atoms with Gasteiger partial charge in [0.25, 0.3) is 5.91 Å². The maximum atomic E-state index is 12.0. The second-order valence-electron chi connectivity index (χ2n) is 4.16. The van der Waals surface area contributed by atoms with Gasteiger partial charge in [-0.25, -0.2) is 9.97 Å². The molecule has 0 spiro atoms. The van der Waals surface area contributed by atoms with Crippen LogP contribution in [0.4, 0.5) is 11.4 Å². The smallest absolute Gasteiger partial charge is 0.274 e. The van der Waals surface area contributed by atoms with E-state index in [1.165, 1.54) is 26.4 Å². The third-order valence-electron chi connectivity index (χ3n) is 2.55. The van der Waals surface area contributed by atoms with Crippen LogP contribution in [-0.4, -0.2) is 28.9 Å². The number of rotatable bonds is 4. The first kappa shape index (κ1) is 14.4. The standard InChI is InChI=1S/C14H14N4O3/c1-9(19)17-10-3-5-11(6-4-10)18-14(20)12-7-13(21-2)16-8-15-12/h3-8H,1-2H3,(H,17,19)(H,18,20). The third-order valence-corrected chi connectivity index (χ3v) is 2.55. The van der Waals surface area contributed by atoms with Crippen LogP contribution in [0.15, 0.2) is 36.7 Å². The van der Waals surface area contributed by atoms with Crippen LogP contribution in [0.3, 0.4) is 0 Å². The lowest BCUT2D eigenvalue weighted by Crippen LogP contribution is -2.14. The van der Waals surface area contributed by atoms with Crippen molar-refractivity contribution in [2.24, 2.45) is 0 Å². The molecule has 0 radical (unpaired) electrons. The van der Waals surface area contributed by atoms with Gasteiger partial charge in [0.15, 0.2) is 0 Å². The summed E-state index contributed by atoms with van der Waals surface area (Å²) in [5.74, 6) is -0.209. The van der Waals surface area contributed by atoms with E-state index in [1.807, 2.05) is 0 Å². The lowest BCUT2D eigenvalue weighted by atomic mass is 10.2. The van der Waals surface area contributed by atoms with E-state index < -0.39 is 0 Å². The van der Waals surface area contributed by atoms with E-state index in [2.05, 4.69) is 20.6 Å². The predicted octanol–water partition coefficient (Wildman–Crippen LogP) is 1.70. The average molecular weight is 286 g/mol. The van der Waals surface area contributed by atoms with Crippen molar-refractivity contribution in [1.29, 1.82) is 0 Å². The molecule has 1 heterocycles. The molecule has 0 unspecified atom stereocenters. The molecule has 0 aliphatic carbocycles. The Bertz CT molecular complexity index is 656. The molecule has 2 aromatic rings. The number of benzene rings is 1.